The summed E-state index contributed by atoms with van der Waals surface area (Å²) in [6.07, 6.45) is -3.16. The maximum Gasteiger partial charge on any atom is 0.383 e. The number of unbranched alkanes of at least 4 members (excludes halogenated alkanes) is 3. The molecule has 270 valence electrons. The fourth-order valence-electron chi connectivity index (χ4n) is 5.33. The highest BCUT2D eigenvalue weighted by Gasteiger charge is 2.53. The highest BCUT2D eigenvalue weighted by Crippen LogP contribution is 2.37. The third-order valence-corrected chi connectivity index (χ3v) is 7.46. The van der Waals surface area contributed by atoms with Crippen molar-refractivity contribution >= 4 is 34.8 Å². The van der Waals surface area contributed by atoms with E-state index in [0.717, 1.165) is 52.0 Å². The van der Waals surface area contributed by atoms with Gasteiger partial charge in [-0.25, -0.2) is 4.79 Å². The van der Waals surface area contributed by atoms with Gasteiger partial charge in [-0.3, -0.25) is 19.2 Å². The normalized spacial score (nSPS) is 20.0. The molecule has 2 heterocycles. The molecule has 1 aliphatic rings. The van der Waals surface area contributed by atoms with E-state index in [4.69, 9.17) is 42.3 Å². The number of rotatable bonds is 16. The highest BCUT2D eigenvalue weighted by atomic mass is 16.7. The second-order valence-corrected chi connectivity index (χ2v) is 11.6. The van der Waals surface area contributed by atoms with Crippen molar-refractivity contribution in [3.8, 4) is 17.2 Å². The fraction of sp³-hybridized carbons (Fsp3) is 0.472. The molecule has 5 atom stereocenters. The molecule has 1 saturated heterocycles. The zero-order valence-corrected chi connectivity index (χ0v) is 28.7. The smallest absolute Gasteiger partial charge is 0.383 e. The van der Waals surface area contributed by atoms with Gasteiger partial charge < -0.3 is 42.3 Å². The van der Waals surface area contributed by atoms with Crippen LogP contribution in [-0.4, -0.2) is 67.8 Å². The van der Waals surface area contributed by atoms with Crippen molar-refractivity contribution in [1.82, 2.24) is 0 Å². The van der Waals surface area contributed by atoms with Gasteiger partial charge in [0.1, 0.15) is 30.7 Å². The monoisotopic (exact) mass is 698 g/mol. The number of esters is 4. The molecule has 0 amide bonds. The molecule has 50 heavy (non-hydrogen) atoms. The summed E-state index contributed by atoms with van der Waals surface area (Å²) in [6.45, 7) is 6.66. The van der Waals surface area contributed by atoms with Gasteiger partial charge in [0.25, 0.3) is 0 Å². The summed E-state index contributed by atoms with van der Waals surface area (Å²) in [4.78, 5) is 61.4. The minimum absolute atomic E-state index is 0.0572. The number of fused-ring (bicyclic) bond motifs is 1. The first kappa shape index (κ1) is 37.7. The highest BCUT2D eigenvalue weighted by molar-refractivity contribution is 5.86. The molecule has 14 nitrogen and oxygen atoms in total. The molecule has 1 fully saturated rings. The molecule has 0 radical (unpaired) electrons. The lowest BCUT2D eigenvalue weighted by Gasteiger charge is -2.43. The van der Waals surface area contributed by atoms with Crippen LogP contribution in [0.5, 0.6) is 17.2 Å². The maximum atomic E-state index is 13.3. The van der Waals surface area contributed by atoms with Gasteiger partial charge in [-0.05, 0) is 24.1 Å². The summed E-state index contributed by atoms with van der Waals surface area (Å²) in [5.74, 6) is -2.76. The van der Waals surface area contributed by atoms with Gasteiger partial charge >= 0.3 is 29.5 Å². The molecule has 1 aliphatic heterocycles. The summed E-state index contributed by atoms with van der Waals surface area (Å²) >= 11 is 0. The van der Waals surface area contributed by atoms with Crippen LogP contribution in [0.25, 0.3) is 11.0 Å². The summed E-state index contributed by atoms with van der Waals surface area (Å²) in [7, 11) is 0. The largest absolute Gasteiger partial charge is 0.484 e. The third kappa shape index (κ3) is 10.4. The lowest BCUT2D eigenvalue weighted by molar-refractivity contribution is -0.288. The van der Waals surface area contributed by atoms with Gasteiger partial charge in [-0.15, -0.1) is 0 Å². The molecule has 0 saturated carbocycles. The molecule has 0 N–H and O–H groups in total. The van der Waals surface area contributed by atoms with Crippen LogP contribution < -0.4 is 19.8 Å². The molecule has 0 aliphatic carbocycles. The number of ether oxygens (including phenoxy) is 8. The minimum Gasteiger partial charge on any atom is -0.484 e. The van der Waals surface area contributed by atoms with Gasteiger partial charge in [-0.1, -0.05) is 56.5 Å². The average molecular weight is 699 g/mol. The van der Waals surface area contributed by atoms with E-state index in [0.29, 0.717) is 12.0 Å². The number of carbonyl (C=O) groups excluding carboxylic acids is 4. The van der Waals surface area contributed by atoms with Crippen LogP contribution in [0.1, 0.15) is 65.9 Å². The zero-order chi connectivity index (χ0) is 36.2. The fourth-order valence-corrected chi connectivity index (χ4v) is 5.33. The predicted molar refractivity (Wildman–Crippen MR) is 175 cm³/mol. The molecule has 4 rings (SSSR count). The Morgan fingerprint density at radius 1 is 0.740 bits per heavy atom. The first-order chi connectivity index (χ1) is 24.0. The van der Waals surface area contributed by atoms with Crippen LogP contribution in [-0.2, 0) is 49.5 Å². The van der Waals surface area contributed by atoms with Crippen molar-refractivity contribution in [2.24, 2.45) is 0 Å². The third-order valence-electron chi connectivity index (χ3n) is 7.46. The topological polar surface area (TPSA) is 172 Å². The quantitative estimate of drug-likeness (QED) is 0.0865. The van der Waals surface area contributed by atoms with Crippen LogP contribution in [0.2, 0.25) is 0 Å². The molecule has 1 aromatic heterocycles. The van der Waals surface area contributed by atoms with E-state index < -0.39 is 66.8 Å². The zero-order valence-electron chi connectivity index (χ0n) is 28.7. The van der Waals surface area contributed by atoms with Gasteiger partial charge in [0.05, 0.1) is 12.0 Å². The van der Waals surface area contributed by atoms with Crippen LogP contribution >= 0.6 is 0 Å². The van der Waals surface area contributed by atoms with Crippen molar-refractivity contribution < 1.29 is 61.5 Å². The lowest BCUT2D eigenvalue weighted by atomic mass is 9.98. The van der Waals surface area contributed by atoms with Crippen LogP contribution in [0, 0.1) is 0 Å². The van der Waals surface area contributed by atoms with Crippen molar-refractivity contribution in [3.63, 3.8) is 0 Å². The Bertz CT molecular complexity index is 1680. The van der Waals surface area contributed by atoms with E-state index in [1.54, 1.807) is 6.07 Å². The average Bonchev–Trinajstić information content (AvgIpc) is 3.05. The molecular formula is C36H42O14. The predicted octanol–water partition coefficient (Wildman–Crippen LogP) is 4.79. The Labute approximate surface area is 288 Å². The van der Waals surface area contributed by atoms with E-state index >= 15 is 0 Å². The van der Waals surface area contributed by atoms with E-state index in [2.05, 4.69) is 6.92 Å². The molecule has 2 aromatic carbocycles. The molecular weight excluding hydrogens is 656 g/mol. The van der Waals surface area contributed by atoms with E-state index in [1.165, 1.54) is 19.1 Å². The van der Waals surface area contributed by atoms with Gasteiger partial charge in [-0.2, -0.15) is 0 Å². The first-order valence-corrected chi connectivity index (χ1v) is 16.3. The van der Waals surface area contributed by atoms with E-state index in [1.807, 2.05) is 30.3 Å². The second kappa shape index (κ2) is 18.0. The Kier molecular flexibility index (Phi) is 13.6. The molecule has 0 bridgehead atoms. The number of hydrogen-bond acceptors (Lipinski definition) is 14. The Balaban J connectivity index is 1.71. The van der Waals surface area contributed by atoms with Gasteiger partial charge in [0, 0.05) is 33.8 Å². The van der Waals surface area contributed by atoms with Crippen molar-refractivity contribution in [2.75, 3.05) is 13.2 Å². The Morgan fingerprint density at radius 2 is 1.42 bits per heavy atom. The summed E-state index contributed by atoms with van der Waals surface area (Å²) < 4.78 is 51.3. The Morgan fingerprint density at radius 3 is 2.08 bits per heavy atom. The molecule has 0 spiro atoms. The first-order valence-electron chi connectivity index (χ1n) is 16.3. The lowest BCUT2D eigenvalue weighted by Crippen LogP contribution is -2.63. The standard InChI is InChI=1S/C36H42O14/c1-6-7-8-12-17-42-33-30(44-19-25-13-10-9-11-14-25)27-16-15-26(18-28(27)49-35(33)41)48-36-34(47-24(5)40)32(46-23(4)39)31(45-22(3)38)29(50-36)20-43-21(2)37/h9-11,13-16,18,29,31-32,34,36H,6-8,12,17,19-20H2,1-5H3/t29-,31+,32+,34-,36-/m1/s1. The van der Waals surface area contributed by atoms with E-state index in [9.17, 15) is 24.0 Å². The van der Waals surface area contributed by atoms with Gasteiger partial charge in [0.2, 0.25) is 18.1 Å². The Hall–Kier alpha value is -5.11. The second-order valence-electron chi connectivity index (χ2n) is 11.6. The summed E-state index contributed by atoms with van der Waals surface area (Å²) in [5.41, 5.74) is 0.187. The number of carbonyl (C=O) groups is 4. The summed E-state index contributed by atoms with van der Waals surface area (Å²) in [6, 6.07) is 14.0. The van der Waals surface area contributed by atoms with Crippen molar-refractivity contribution in [1.29, 1.82) is 0 Å². The van der Waals surface area contributed by atoms with Crippen molar-refractivity contribution in [3.05, 3.63) is 64.5 Å². The molecule has 0 unspecified atom stereocenters. The maximum absolute atomic E-state index is 13.3. The van der Waals surface area contributed by atoms with Crippen LogP contribution in [0.4, 0.5) is 0 Å². The molecule has 14 heteroatoms. The van der Waals surface area contributed by atoms with Crippen LogP contribution in [0.15, 0.2) is 57.7 Å². The SMILES string of the molecule is CCCCCCOc1c(OCc2ccccc2)c2ccc(O[C@@H]3O[C@H](COC(C)=O)[C@H](OC(C)=O)[C@H](OC(C)=O)[C@H]3OC(C)=O)cc2oc1=O. The number of benzene rings is 2. The van der Waals surface area contributed by atoms with Crippen molar-refractivity contribution in [2.45, 2.75) is 97.6 Å². The minimum atomic E-state index is -1.49. The van der Waals surface area contributed by atoms with E-state index in [-0.39, 0.29) is 29.4 Å². The summed E-state index contributed by atoms with van der Waals surface area (Å²) in [5, 5.41) is 0.415. The number of hydrogen-bond donors (Lipinski definition) is 0. The van der Waals surface area contributed by atoms with Crippen LogP contribution in [0.3, 0.4) is 0 Å². The van der Waals surface area contributed by atoms with Gasteiger partial charge in [0.15, 0.2) is 18.0 Å². The molecule has 3 aromatic rings.